The van der Waals surface area contributed by atoms with E-state index in [2.05, 4.69) is 27.5 Å². The zero-order chi connectivity index (χ0) is 19.4. The highest BCUT2D eigenvalue weighted by molar-refractivity contribution is 5.95. The molecule has 2 aliphatic rings. The molecule has 0 aliphatic carbocycles. The quantitative estimate of drug-likeness (QED) is 0.765. The number of hydrogen-bond acceptors (Lipinski definition) is 5. The Morgan fingerprint density at radius 1 is 1.22 bits per heavy atom. The van der Waals surface area contributed by atoms with Crippen molar-refractivity contribution in [3.8, 4) is 0 Å². The molecule has 1 aromatic carbocycles. The van der Waals surface area contributed by atoms with Crippen molar-refractivity contribution in [2.75, 3.05) is 46.4 Å². The standard InChI is InChI=1S/C20H28N4O3/c1-4-27-19(25)17-16(13-24-11-9-23(3)10-12-24)21-20(26)22-18(17)15-8-6-5-7-14(15)2/h5-8,18H,4,9-13H2,1-3H3,(H2,21,22,26)/t18-/m0/s1. The molecule has 1 aromatic rings. The van der Waals surface area contributed by atoms with Crippen molar-refractivity contribution in [3.63, 3.8) is 0 Å². The second-order valence-corrected chi connectivity index (χ2v) is 7.08. The van der Waals surface area contributed by atoms with E-state index < -0.39 is 6.04 Å². The van der Waals surface area contributed by atoms with Gasteiger partial charge in [0.15, 0.2) is 0 Å². The van der Waals surface area contributed by atoms with E-state index in [1.807, 2.05) is 31.2 Å². The van der Waals surface area contributed by atoms with Crippen LogP contribution in [0.2, 0.25) is 0 Å². The van der Waals surface area contributed by atoms with Crippen LogP contribution in [0.4, 0.5) is 4.79 Å². The number of ether oxygens (including phenoxy) is 1. The molecular formula is C20H28N4O3. The Bertz CT molecular complexity index is 738. The number of hydrogen-bond donors (Lipinski definition) is 2. The summed E-state index contributed by atoms with van der Waals surface area (Å²) in [6, 6.07) is 6.98. The SMILES string of the molecule is CCOC(=O)C1=C(CN2CCN(C)CC2)NC(=O)N[C@H]1c1ccccc1C. The molecule has 0 unspecified atom stereocenters. The van der Waals surface area contributed by atoms with Crippen LogP contribution in [0.15, 0.2) is 35.5 Å². The number of piperazine rings is 1. The summed E-state index contributed by atoms with van der Waals surface area (Å²) in [5.41, 5.74) is 3.05. The normalized spacial score (nSPS) is 21.6. The third kappa shape index (κ3) is 4.48. The fourth-order valence-corrected chi connectivity index (χ4v) is 3.57. The number of likely N-dealkylation sites (N-methyl/N-ethyl adjacent to an activating group) is 1. The van der Waals surface area contributed by atoms with E-state index in [1.165, 1.54) is 0 Å². The van der Waals surface area contributed by atoms with Crippen LogP contribution in [0.3, 0.4) is 0 Å². The van der Waals surface area contributed by atoms with Gasteiger partial charge in [0.1, 0.15) is 0 Å². The van der Waals surface area contributed by atoms with Crippen molar-refractivity contribution in [2.45, 2.75) is 19.9 Å². The van der Waals surface area contributed by atoms with Crippen LogP contribution in [0.5, 0.6) is 0 Å². The van der Waals surface area contributed by atoms with Crippen LogP contribution in [0, 0.1) is 6.92 Å². The van der Waals surface area contributed by atoms with Crippen molar-refractivity contribution in [2.24, 2.45) is 0 Å². The van der Waals surface area contributed by atoms with E-state index in [0.717, 1.165) is 37.3 Å². The summed E-state index contributed by atoms with van der Waals surface area (Å²) in [6.45, 7) is 8.31. The van der Waals surface area contributed by atoms with Crippen molar-refractivity contribution in [3.05, 3.63) is 46.7 Å². The molecule has 2 heterocycles. The van der Waals surface area contributed by atoms with Gasteiger partial charge in [0.05, 0.1) is 18.2 Å². The summed E-state index contributed by atoms with van der Waals surface area (Å²) in [5.74, 6) is -0.387. The van der Waals surface area contributed by atoms with Crippen LogP contribution in [0.25, 0.3) is 0 Å². The average Bonchev–Trinajstić information content (AvgIpc) is 2.63. The molecule has 2 aliphatic heterocycles. The molecule has 1 atom stereocenters. The van der Waals surface area contributed by atoms with Gasteiger partial charge in [-0.15, -0.1) is 0 Å². The molecule has 3 rings (SSSR count). The minimum absolute atomic E-state index is 0.290. The molecule has 1 saturated heterocycles. The number of esters is 1. The Balaban J connectivity index is 1.97. The minimum Gasteiger partial charge on any atom is -0.463 e. The summed E-state index contributed by atoms with van der Waals surface area (Å²) in [6.07, 6.45) is 0. The van der Waals surface area contributed by atoms with E-state index >= 15 is 0 Å². The average molecular weight is 372 g/mol. The predicted molar refractivity (Wildman–Crippen MR) is 103 cm³/mol. The number of rotatable bonds is 5. The second-order valence-electron chi connectivity index (χ2n) is 7.08. The number of nitrogens with one attached hydrogen (secondary N) is 2. The fraction of sp³-hybridized carbons (Fsp3) is 0.500. The van der Waals surface area contributed by atoms with Crippen LogP contribution in [0.1, 0.15) is 24.1 Å². The molecule has 0 aromatic heterocycles. The second kappa shape index (κ2) is 8.54. The van der Waals surface area contributed by atoms with Gasteiger partial charge in [0.2, 0.25) is 0 Å². The van der Waals surface area contributed by atoms with Gasteiger partial charge in [-0.2, -0.15) is 0 Å². The Kier molecular flexibility index (Phi) is 6.13. The lowest BCUT2D eigenvalue weighted by Crippen LogP contribution is -2.51. The Morgan fingerprint density at radius 2 is 1.93 bits per heavy atom. The Morgan fingerprint density at radius 3 is 2.59 bits per heavy atom. The number of aryl methyl sites for hydroxylation is 1. The number of amides is 2. The van der Waals surface area contributed by atoms with Gasteiger partial charge in [0, 0.05) is 38.4 Å². The lowest BCUT2D eigenvalue weighted by molar-refractivity contribution is -0.139. The molecule has 1 fully saturated rings. The molecule has 2 amide bonds. The van der Waals surface area contributed by atoms with Crippen molar-refractivity contribution in [1.82, 2.24) is 20.4 Å². The van der Waals surface area contributed by atoms with E-state index in [9.17, 15) is 9.59 Å². The lowest BCUT2D eigenvalue weighted by atomic mass is 9.92. The van der Waals surface area contributed by atoms with Gasteiger partial charge in [-0.25, -0.2) is 9.59 Å². The van der Waals surface area contributed by atoms with Crippen LogP contribution >= 0.6 is 0 Å². The predicted octanol–water partition coefficient (Wildman–Crippen LogP) is 1.41. The summed E-state index contributed by atoms with van der Waals surface area (Å²) < 4.78 is 5.33. The molecule has 0 spiro atoms. The summed E-state index contributed by atoms with van der Waals surface area (Å²) in [7, 11) is 2.10. The molecule has 7 heteroatoms. The number of urea groups is 1. The highest BCUT2D eigenvalue weighted by Gasteiger charge is 2.35. The van der Waals surface area contributed by atoms with Gasteiger partial charge in [-0.1, -0.05) is 24.3 Å². The molecule has 146 valence electrons. The maximum atomic E-state index is 12.8. The van der Waals surface area contributed by atoms with Gasteiger partial charge >= 0.3 is 12.0 Å². The summed E-state index contributed by atoms with van der Waals surface area (Å²) in [5, 5.41) is 5.76. The lowest BCUT2D eigenvalue weighted by Gasteiger charge is -2.36. The molecule has 7 nitrogen and oxygen atoms in total. The Labute approximate surface area is 160 Å². The zero-order valence-electron chi connectivity index (χ0n) is 16.2. The first-order chi connectivity index (χ1) is 13.0. The van der Waals surface area contributed by atoms with Gasteiger partial charge < -0.3 is 20.3 Å². The molecule has 2 N–H and O–H groups in total. The van der Waals surface area contributed by atoms with Crippen molar-refractivity contribution >= 4 is 12.0 Å². The third-order valence-corrected chi connectivity index (χ3v) is 5.13. The highest BCUT2D eigenvalue weighted by Crippen LogP contribution is 2.30. The van der Waals surface area contributed by atoms with Crippen molar-refractivity contribution in [1.29, 1.82) is 0 Å². The fourth-order valence-electron chi connectivity index (χ4n) is 3.57. The first kappa shape index (κ1) is 19.4. The summed E-state index contributed by atoms with van der Waals surface area (Å²) >= 11 is 0. The van der Waals surface area contributed by atoms with Gasteiger partial charge in [-0.05, 0) is 32.0 Å². The number of carbonyl (C=O) groups excluding carboxylic acids is 2. The van der Waals surface area contributed by atoms with E-state index in [-0.39, 0.29) is 12.0 Å². The summed E-state index contributed by atoms with van der Waals surface area (Å²) in [4.78, 5) is 29.7. The van der Waals surface area contributed by atoms with E-state index in [1.54, 1.807) is 6.92 Å². The minimum atomic E-state index is -0.513. The molecule has 0 radical (unpaired) electrons. The Hall–Kier alpha value is -2.38. The van der Waals surface area contributed by atoms with Crippen LogP contribution in [-0.4, -0.2) is 68.2 Å². The molecular weight excluding hydrogens is 344 g/mol. The molecule has 0 bridgehead atoms. The maximum absolute atomic E-state index is 12.8. The first-order valence-electron chi connectivity index (χ1n) is 9.43. The van der Waals surface area contributed by atoms with Crippen LogP contribution in [-0.2, 0) is 9.53 Å². The molecule has 27 heavy (non-hydrogen) atoms. The monoisotopic (exact) mass is 372 g/mol. The van der Waals surface area contributed by atoms with Gasteiger partial charge in [-0.3, -0.25) is 4.90 Å². The van der Waals surface area contributed by atoms with E-state index in [4.69, 9.17) is 4.74 Å². The number of benzene rings is 1. The van der Waals surface area contributed by atoms with Crippen molar-refractivity contribution < 1.29 is 14.3 Å². The molecule has 0 saturated carbocycles. The van der Waals surface area contributed by atoms with E-state index in [0.29, 0.717) is 24.4 Å². The smallest absolute Gasteiger partial charge is 0.338 e. The largest absolute Gasteiger partial charge is 0.463 e. The number of nitrogens with zero attached hydrogens (tertiary/aromatic N) is 2. The first-order valence-corrected chi connectivity index (χ1v) is 9.43. The zero-order valence-corrected chi connectivity index (χ0v) is 16.2. The topological polar surface area (TPSA) is 73.9 Å². The third-order valence-electron chi connectivity index (χ3n) is 5.13. The van der Waals surface area contributed by atoms with Crippen LogP contribution < -0.4 is 10.6 Å². The maximum Gasteiger partial charge on any atom is 0.338 e. The van der Waals surface area contributed by atoms with Gasteiger partial charge in [0.25, 0.3) is 0 Å². The number of carbonyl (C=O) groups is 2. The highest BCUT2D eigenvalue weighted by atomic mass is 16.5.